The second-order valence-electron chi connectivity index (χ2n) is 8.58. The van der Waals surface area contributed by atoms with Crippen molar-refractivity contribution in [2.45, 2.75) is 44.9 Å². The van der Waals surface area contributed by atoms with Gasteiger partial charge in [0.1, 0.15) is 0 Å². The first kappa shape index (κ1) is 15.5. The Morgan fingerprint density at radius 3 is 2.54 bits per heavy atom. The quantitative estimate of drug-likeness (QED) is 0.377. The fourth-order valence-electron chi connectivity index (χ4n) is 5.88. The van der Waals surface area contributed by atoms with Crippen molar-refractivity contribution in [3.8, 4) is 0 Å². The Kier molecular flexibility index (Phi) is 3.09. The van der Waals surface area contributed by atoms with Crippen LogP contribution in [0.3, 0.4) is 0 Å². The smallest absolute Gasteiger partial charge is 0.0396 e. The van der Waals surface area contributed by atoms with Crippen molar-refractivity contribution in [3.63, 3.8) is 0 Å². The highest BCUT2D eigenvalue weighted by atomic mass is 32.1. The summed E-state index contributed by atoms with van der Waals surface area (Å²) in [5, 5.41) is 4.64. The summed E-state index contributed by atoms with van der Waals surface area (Å²) in [5.74, 6) is 0. The SMILES string of the molecule is C1=CC2=C(CC1)Cc1ccc3c4c(c5sc6c(c5c3c12)CCC=C6)CCC=C4. The molecule has 7 rings (SSSR count). The standard InChI is InChI=1S/C27H22S/c1-2-8-18-16(7-1)15-17-13-14-20-19-9-3-4-10-21(19)27-26(25(20)24(17)18)22-11-5-6-12-23(22)28-27/h2-3,6,8-9,12-14H,1,4-5,7,10-11,15H2. The summed E-state index contributed by atoms with van der Waals surface area (Å²) in [5.41, 5.74) is 11.0. The largest absolute Gasteiger partial charge is 0.135 e. The molecular formula is C27H22S. The Balaban J connectivity index is 1.73. The number of hydrogen-bond donors (Lipinski definition) is 0. The molecule has 4 aliphatic rings. The molecule has 0 unspecified atom stereocenters. The van der Waals surface area contributed by atoms with Crippen molar-refractivity contribution in [2.75, 3.05) is 0 Å². The molecule has 0 atom stereocenters. The molecule has 0 N–H and O–H groups in total. The van der Waals surface area contributed by atoms with Gasteiger partial charge in [-0.1, -0.05) is 48.1 Å². The molecule has 1 aromatic heterocycles. The maximum absolute atomic E-state index is 2.44. The van der Waals surface area contributed by atoms with E-state index in [1.807, 2.05) is 11.3 Å². The van der Waals surface area contributed by atoms with Crippen molar-refractivity contribution in [1.82, 2.24) is 0 Å². The lowest BCUT2D eigenvalue weighted by atomic mass is 9.84. The Morgan fingerprint density at radius 1 is 0.750 bits per heavy atom. The van der Waals surface area contributed by atoms with Gasteiger partial charge in [0.05, 0.1) is 0 Å². The molecule has 0 spiro atoms. The van der Waals surface area contributed by atoms with Crippen LogP contribution in [0.4, 0.5) is 0 Å². The van der Waals surface area contributed by atoms with E-state index >= 15 is 0 Å². The molecule has 0 nitrogen and oxygen atoms in total. The first-order valence-corrected chi connectivity index (χ1v) is 11.5. The Bertz CT molecular complexity index is 1320. The maximum Gasteiger partial charge on any atom is 0.0396 e. The molecule has 1 heterocycles. The lowest BCUT2D eigenvalue weighted by Crippen LogP contribution is -1.99. The minimum atomic E-state index is 1.16. The van der Waals surface area contributed by atoms with Gasteiger partial charge >= 0.3 is 0 Å². The predicted molar refractivity (Wildman–Crippen MR) is 123 cm³/mol. The maximum atomic E-state index is 2.44. The highest BCUT2D eigenvalue weighted by Gasteiger charge is 2.28. The fraction of sp³-hybridized carbons (Fsp3) is 0.259. The first-order chi connectivity index (χ1) is 13.9. The van der Waals surface area contributed by atoms with Gasteiger partial charge in [-0.3, -0.25) is 0 Å². The average molecular weight is 379 g/mol. The molecular weight excluding hydrogens is 356 g/mol. The van der Waals surface area contributed by atoms with Gasteiger partial charge in [0.2, 0.25) is 0 Å². The van der Waals surface area contributed by atoms with E-state index in [2.05, 4.69) is 48.6 Å². The second kappa shape index (κ2) is 5.58. The summed E-state index contributed by atoms with van der Waals surface area (Å²) < 4.78 is 1.57. The van der Waals surface area contributed by atoms with Crippen LogP contribution in [0.1, 0.15) is 58.4 Å². The summed E-state index contributed by atoms with van der Waals surface area (Å²) in [6.07, 6.45) is 22.7. The average Bonchev–Trinajstić information content (AvgIpc) is 3.32. The molecule has 2 aromatic carbocycles. The van der Waals surface area contributed by atoms with Crippen LogP contribution in [0, 0.1) is 0 Å². The predicted octanol–water partition coefficient (Wildman–Crippen LogP) is 7.63. The van der Waals surface area contributed by atoms with Gasteiger partial charge in [-0.2, -0.15) is 0 Å². The van der Waals surface area contributed by atoms with Crippen LogP contribution in [0.25, 0.3) is 38.6 Å². The number of hydrogen-bond acceptors (Lipinski definition) is 1. The normalized spacial score (nSPS) is 19.3. The van der Waals surface area contributed by atoms with Gasteiger partial charge in [0.15, 0.2) is 0 Å². The van der Waals surface area contributed by atoms with E-state index in [0.29, 0.717) is 0 Å². The molecule has 0 saturated carbocycles. The molecule has 0 fully saturated rings. The number of allylic oxidation sites excluding steroid dienone is 6. The van der Waals surface area contributed by atoms with Gasteiger partial charge in [-0.25, -0.2) is 0 Å². The van der Waals surface area contributed by atoms with Gasteiger partial charge in [0.25, 0.3) is 0 Å². The monoisotopic (exact) mass is 378 g/mol. The van der Waals surface area contributed by atoms with Crippen molar-refractivity contribution in [1.29, 1.82) is 0 Å². The first-order valence-electron chi connectivity index (χ1n) is 10.7. The third kappa shape index (κ3) is 1.91. The summed E-state index contributed by atoms with van der Waals surface area (Å²) in [7, 11) is 0. The Labute approximate surface area is 169 Å². The Morgan fingerprint density at radius 2 is 1.57 bits per heavy atom. The fourth-order valence-corrected chi connectivity index (χ4v) is 7.26. The summed E-state index contributed by atoms with van der Waals surface area (Å²) >= 11 is 2.05. The number of benzene rings is 2. The lowest BCUT2D eigenvalue weighted by Gasteiger charge is -2.19. The van der Waals surface area contributed by atoms with Crippen LogP contribution < -0.4 is 0 Å². The molecule has 0 radical (unpaired) electrons. The van der Waals surface area contributed by atoms with Gasteiger partial charge in [-0.15, -0.1) is 11.3 Å². The highest BCUT2D eigenvalue weighted by molar-refractivity contribution is 7.20. The van der Waals surface area contributed by atoms with E-state index in [9.17, 15) is 0 Å². The van der Waals surface area contributed by atoms with Gasteiger partial charge < -0.3 is 0 Å². The van der Waals surface area contributed by atoms with E-state index in [4.69, 9.17) is 0 Å². The minimum Gasteiger partial charge on any atom is -0.135 e. The van der Waals surface area contributed by atoms with Gasteiger partial charge in [-0.05, 0) is 95.2 Å². The van der Waals surface area contributed by atoms with Crippen LogP contribution >= 0.6 is 11.3 Å². The third-order valence-electron chi connectivity index (χ3n) is 7.10. The van der Waals surface area contributed by atoms with Crippen molar-refractivity contribution < 1.29 is 0 Å². The van der Waals surface area contributed by atoms with Crippen molar-refractivity contribution in [3.05, 3.63) is 74.7 Å². The zero-order valence-electron chi connectivity index (χ0n) is 16.0. The highest BCUT2D eigenvalue weighted by Crippen LogP contribution is 2.50. The zero-order valence-corrected chi connectivity index (χ0v) is 16.8. The topological polar surface area (TPSA) is 0 Å². The van der Waals surface area contributed by atoms with E-state index in [1.54, 1.807) is 48.9 Å². The Hall–Kier alpha value is -2.38. The second-order valence-corrected chi connectivity index (χ2v) is 9.63. The van der Waals surface area contributed by atoms with Crippen molar-refractivity contribution >= 4 is 49.9 Å². The van der Waals surface area contributed by atoms with Crippen LogP contribution in [-0.4, -0.2) is 0 Å². The molecule has 0 aliphatic heterocycles. The van der Waals surface area contributed by atoms with Crippen LogP contribution in [-0.2, 0) is 19.3 Å². The number of thiophene rings is 1. The van der Waals surface area contributed by atoms with Crippen LogP contribution in [0.2, 0.25) is 0 Å². The summed E-state index contributed by atoms with van der Waals surface area (Å²) in [6.45, 7) is 0. The molecule has 0 bridgehead atoms. The van der Waals surface area contributed by atoms with Crippen LogP contribution in [0.15, 0.2) is 42.0 Å². The molecule has 1 heteroatoms. The number of aryl methyl sites for hydroxylation is 2. The zero-order chi connectivity index (χ0) is 18.2. The van der Waals surface area contributed by atoms with E-state index in [0.717, 1.165) is 6.42 Å². The van der Waals surface area contributed by atoms with E-state index in [-0.39, 0.29) is 0 Å². The molecule has 0 amide bonds. The molecule has 28 heavy (non-hydrogen) atoms. The molecule has 4 aliphatic carbocycles. The number of rotatable bonds is 0. The van der Waals surface area contributed by atoms with Crippen LogP contribution in [0.5, 0.6) is 0 Å². The van der Waals surface area contributed by atoms with Gasteiger partial charge in [0, 0.05) is 15.0 Å². The minimum absolute atomic E-state index is 1.16. The third-order valence-corrected chi connectivity index (χ3v) is 8.35. The van der Waals surface area contributed by atoms with E-state index < -0.39 is 0 Å². The summed E-state index contributed by atoms with van der Waals surface area (Å²) in [4.78, 5) is 1.51. The molecule has 136 valence electrons. The molecule has 0 saturated heterocycles. The molecule has 3 aromatic rings. The van der Waals surface area contributed by atoms with Crippen molar-refractivity contribution in [2.24, 2.45) is 0 Å². The number of fused-ring (bicyclic) bond motifs is 11. The van der Waals surface area contributed by atoms with E-state index in [1.165, 1.54) is 54.4 Å². The lowest BCUT2D eigenvalue weighted by molar-refractivity contribution is 0.935. The summed E-state index contributed by atoms with van der Waals surface area (Å²) in [6, 6.07) is 4.87.